The van der Waals surface area contributed by atoms with E-state index in [9.17, 15) is 4.39 Å². The van der Waals surface area contributed by atoms with Gasteiger partial charge >= 0.3 is 0 Å². The number of benzene rings is 2. The molecule has 0 unspecified atom stereocenters. The van der Waals surface area contributed by atoms with Gasteiger partial charge in [-0.3, -0.25) is 0 Å². The van der Waals surface area contributed by atoms with Crippen LogP contribution in [0.2, 0.25) is 5.02 Å². The van der Waals surface area contributed by atoms with Crippen molar-refractivity contribution in [3.63, 3.8) is 0 Å². The number of rotatable bonds is 10. The van der Waals surface area contributed by atoms with Gasteiger partial charge in [0.1, 0.15) is 5.82 Å². The van der Waals surface area contributed by atoms with Crippen LogP contribution in [0.15, 0.2) is 42.5 Å². The van der Waals surface area contributed by atoms with E-state index in [0.717, 1.165) is 23.8 Å². The molecule has 2 aromatic rings. The van der Waals surface area contributed by atoms with Crippen molar-refractivity contribution in [1.82, 2.24) is 0 Å². The summed E-state index contributed by atoms with van der Waals surface area (Å²) in [4.78, 5) is 0. The average molecular weight is 415 g/mol. The first-order valence-corrected chi connectivity index (χ1v) is 12.1. The van der Waals surface area contributed by atoms with E-state index in [1.807, 2.05) is 0 Å². The summed E-state index contributed by atoms with van der Waals surface area (Å²) in [6, 6.07) is 14.1. The number of unbranched alkanes of at least 4 members (excludes halogenated alkanes) is 4. The Morgan fingerprint density at radius 2 is 1.59 bits per heavy atom. The van der Waals surface area contributed by atoms with Crippen LogP contribution in [0.4, 0.5) is 4.39 Å². The van der Waals surface area contributed by atoms with E-state index in [-0.39, 0.29) is 5.82 Å². The van der Waals surface area contributed by atoms with E-state index < -0.39 is 0 Å². The summed E-state index contributed by atoms with van der Waals surface area (Å²) in [5.41, 5.74) is 3.52. The number of halogens is 2. The molecule has 1 saturated carbocycles. The van der Waals surface area contributed by atoms with Crippen LogP contribution in [0.5, 0.6) is 0 Å². The van der Waals surface area contributed by atoms with E-state index in [1.54, 1.807) is 12.1 Å². The molecule has 3 rings (SSSR count). The van der Waals surface area contributed by atoms with Crippen molar-refractivity contribution in [3.05, 3.63) is 70.0 Å². The van der Waals surface area contributed by atoms with Crippen LogP contribution in [-0.2, 0) is 12.8 Å². The molecule has 158 valence electrons. The Kier molecular flexibility index (Phi) is 9.05. The summed E-state index contributed by atoms with van der Waals surface area (Å²) < 4.78 is 13.9. The molecule has 0 amide bonds. The normalized spacial score (nSPS) is 19.4. The van der Waals surface area contributed by atoms with Gasteiger partial charge in [0.15, 0.2) is 0 Å². The van der Waals surface area contributed by atoms with E-state index in [4.69, 9.17) is 11.6 Å². The van der Waals surface area contributed by atoms with E-state index in [2.05, 4.69) is 31.2 Å². The van der Waals surface area contributed by atoms with Gasteiger partial charge in [-0.1, -0.05) is 87.4 Å². The van der Waals surface area contributed by atoms with Crippen LogP contribution in [0, 0.1) is 11.7 Å². The molecule has 2 aromatic carbocycles. The van der Waals surface area contributed by atoms with Crippen LogP contribution in [0.1, 0.15) is 93.7 Å². The predicted octanol–water partition coefficient (Wildman–Crippen LogP) is 8.90. The SMILES string of the molecule is CCCCCCC[C@H]1CC[C@H](c2ccc(CCc3ccc(Cl)cc3F)cc2)CC1. The summed E-state index contributed by atoms with van der Waals surface area (Å²) in [5.74, 6) is 1.49. The summed E-state index contributed by atoms with van der Waals surface area (Å²) in [7, 11) is 0. The van der Waals surface area contributed by atoms with Crippen LogP contribution in [0.3, 0.4) is 0 Å². The Bertz CT molecular complexity index is 729. The van der Waals surface area contributed by atoms with Crippen molar-refractivity contribution in [2.75, 3.05) is 0 Å². The largest absolute Gasteiger partial charge is 0.207 e. The summed E-state index contributed by atoms with van der Waals surface area (Å²) >= 11 is 5.84. The lowest BCUT2D eigenvalue weighted by molar-refractivity contribution is 0.302. The Morgan fingerprint density at radius 3 is 2.28 bits per heavy atom. The molecule has 0 heterocycles. The second-order valence-electron chi connectivity index (χ2n) is 8.90. The maximum Gasteiger partial charge on any atom is 0.127 e. The second-order valence-corrected chi connectivity index (χ2v) is 9.33. The number of hydrogen-bond donors (Lipinski definition) is 0. The van der Waals surface area contributed by atoms with Crippen LogP contribution in [0.25, 0.3) is 0 Å². The lowest BCUT2D eigenvalue weighted by Crippen LogP contribution is -2.13. The van der Waals surface area contributed by atoms with E-state index >= 15 is 0 Å². The Hall–Kier alpha value is -1.34. The first-order chi connectivity index (χ1) is 14.2. The highest BCUT2D eigenvalue weighted by Crippen LogP contribution is 2.37. The van der Waals surface area contributed by atoms with E-state index in [1.165, 1.54) is 81.4 Å². The first kappa shape index (κ1) is 22.3. The molecule has 2 heteroatoms. The van der Waals surface area contributed by atoms with Crippen molar-refractivity contribution in [2.24, 2.45) is 5.92 Å². The Labute approximate surface area is 181 Å². The zero-order valence-electron chi connectivity index (χ0n) is 17.9. The molecule has 0 N–H and O–H groups in total. The van der Waals surface area contributed by atoms with Gasteiger partial charge in [-0.2, -0.15) is 0 Å². The Balaban J connectivity index is 1.41. The summed E-state index contributed by atoms with van der Waals surface area (Å²) in [6.07, 6.45) is 15.5. The van der Waals surface area contributed by atoms with Gasteiger partial charge < -0.3 is 0 Å². The molecule has 1 aliphatic carbocycles. The van der Waals surface area contributed by atoms with E-state index in [0.29, 0.717) is 11.4 Å². The van der Waals surface area contributed by atoms with Gasteiger partial charge in [0, 0.05) is 5.02 Å². The second kappa shape index (κ2) is 11.7. The molecule has 0 radical (unpaired) electrons. The zero-order chi connectivity index (χ0) is 20.5. The molecule has 0 atom stereocenters. The lowest BCUT2D eigenvalue weighted by Gasteiger charge is -2.29. The topological polar surface area (TPSA) is 0 Å². The molecule has 29 heavy (non-hydrogen) atoms. The van der Waals surface area contributed by atoms with Crippen molar-refractivity contribution in [3.8, 4) is 0 Å². The molecular formula is C27H36ClF. The van der Waals surface area contributed by atoms with Gasteiger partial charge in [-0.15, -0.1) is 0 Å². The predicted molar refractivity (Wildman–Crippen MR) is 123 cm³/mol. The molecule has 0 saturated heterocycles. The summed E-state index contributed by atoms with van der Waals surface area (Å²) in [5, 5.41) is 0.460. The van der Waals surface area contributed by atoms with Crippen molar-refractivity contribution >= 4 is 11.6 Å². The van der Waals surface area contributed by atoms with Crippen molar-refractivity contribution < 1.29 is 4.39 Å². The average Bonchev–Trinajstić information content (AvgIpc) is 2.74. The fourth-order valence-corrected chi connectivity index (χ4v) is 4.94. The molecule has 0 aromatic heterocycles. The van der Waals surface area contributed by atoms with Crippen molar-refractivity contribution in [2.45, 2.75) is 89.9 Å². The molecule has 0 aliphatic heterocycles. The van der Waals surface area contributed by atoms with Gasteiger partial charge in [0.05, 0.1) is 0 Å². The third kappa shape index (κ3) is 7.14. The smallest absolute Gasteiger partial charge is 0.127 e. The molecular weight excluding hydrogens is 379 g/mol. The fourth-order valence-electron chi connectivity index (χ4n) is 4.78. The molecule has 1 fully saturated rings. The third-order valence-corrected chi connectivity index (χ3v) is 6.95. The monoisotopic (exact) mass is 414 g/mol. The van der Waals surface area contributed by atoms with Gasteiger partial charge in [-0.05, 0) is 79.2 Å². The van der Waals surface area contributed by atoms with Gasteiger partial charge in [0.25, 0.3) is 0 Å². The van der Waals surface area contributed by atoms with Crippen molar-refractivity contribution in [1.29, 1.82) is 0 Å². The highest BCUT2D eigenvalue weighted by molar-refractivity contribution is 6.30. The molecule has 0 nitrogen and oxygen atoms in total. The minimum atomic E-state index is -0.198. The van der Waals surface area contributed by atoms with Gasteiger partial charge in [-0.25, -0.2) is 4.39 Å². The lowest BCUT2D eigenvalue weighted by atomic mass is 9.77. The van der Waals surface area contributed by atoms with Gasteiger partial charge in [0.2, 0.25) is 0 Å². The standard InChI is InChI=1S/C27H36ClF/c1-2-3-4-5-6-7-21-8-13-23(14-9-21)24-15-10-22(11-16-24)12-17-25-18-19-26(28)20-27(25)29/h10-11,15-16,18-21,23H,2-9,12-14,17H2,1H3/t21-,23-. The first-order valence-electron chi connectivity index (χ1n) is 11.7. The maximum absolute atomic E-state index is 13.9. The Morgan fingerprint density at radius 1 is 0.862 bits per heavy atom. The van der Waals surface area contributed by atoms with Crippen LogP contribution >= 0.6 is 11.6 Å². The van der Waals surface area contributed by atoms with Crippen LogP contribution < -0.4 is 0 Å². The highest BCUT2D eigenvalue weighted by Gasteiger charge is 2.22. The highest BCUT2D eigenvalue weighted by atomic mass is 35.5. The minimum absolute atomic E-state index is 0.198. The molecule has 0 bridgehead atoms. The number of aryl methyl sites for hydroxylation is 2. The molecule has 1 aliphatic rings. The molecule has 0 spiro atoms. The van der Waals surface area contributed by atoms with Crippen LogP contribution in [-0.4, -0.2) is 0 Å². The fraction of sp³-hybridized carbons (Fsp3) is 0.556. The third-order valence-electron chi connectivity index (χ3n) is 6.71. The zero-order valence-corrected chi connectivity index (χ0v) is 18.7. The number of hydrogen-bond acceptors (Lipinski definition) is 0. The minimum Gasteiger partial charge on any atom is -0.207 e. The quantitative estimate of drug-likeness (QED) is 0.340. The summed E-state index contributed by atoms with van der Waals surface area (Å²) in [6.45, 7) is 2.28. The maximum atomic E-state index is 13.9.